The Morgan fingerprint density at radius 3 is 2.44 bits per heavy atom. The molecule has 13 heteroatoms. The highest BCUT2D eigenvalue weighted by Gasteiger charge is 2.27. The average Bonchev–Trinajstić information content (AvgIpc) is 2.75. The smallest absolute Gasteiger partial charge is 0.348 e. The SMILES string of the molecule is Cc1cc(NC(=O)C(CCC(=O)O)NS(=O)(=O)c2ccc(Cl)cc2)cc2nc(NC(C)C)oc(=O)c12. The standard InChI is InChI=1S/C23H25ClN4O7S/c1-12(2)25-23-27-18-11-15(10-13(3)20(18)22(32)35-23)26-21(31)17(8-9-19(29)30)28-36(33,34)16-6-4-14(24)5-7-16/h4-7,10-12,17,28H,8-9H2,1-3H3,(H,25,27)(H,26,31)(H,29,30). The Morgan fingerprint density at radius 1 is 1.17 bits per heavy atom. The highest BCUT2D eigenvalue weighted by atomic mass is 35.5. The number of nitrogens with zero attached hydrogens (tertiary/aromatic N) is 1. The summed E-state index contributed by atoms with van der Waals surface area (Å²) in [5.74, 6) is -1.97. The van der Waals surface area contributed by atoms with Crippen LogP contribution in [0.4, 0.5) is 11.7 Å². The molecule has 192 valence electrons. The molecule has 3 aromatic rings. The fraction of sp³-hybridized carbons (Fsp3) is 0.304. The number of aromatic nitrogens is 1. The summed E-state index contributed by atoms with van der Waals surface area (Å²) < 4.78 is 33.1. The average molecular weight is 537 g/mol. The molecular formula is C23H25ClN4O7S. The van der Waals surface area contributed by atoms with Crippen LogP contribution in [0.25, 0.3) is 10.9 Å². The zero-order valence-electron chi connectivity index (χ0n) is 19.7. The monoisotopic (exact) mass is 536 g/mol. The molecule has 1 amide bonds. The van der Waals surface area contributed by atoms with Crippen LogP contribution in [0.1, 0.15) is 32.3 Å². The minimum absolute atomic E-state index is 0.0143. The summed E-state index contributed by atoms with van der Waals surface area (Å²) in [4.78, 5) is 40.7. The van der Waals surface area contributed by atoms with Gasteiger partial charge in [0.15, 0.2) is 0 Å². The number of carbonyl (C=O) groups is 2. The molecular weight excluding hydrogens is 512 g/mol. The molecule has 0 radical (unpaired) electrons. The molecule has 0 fully saturated rings. The zero-order chi connectivity index (χ0) is 26.6. The van der Waals surface area contributed by atoms with E-state index in [1.807, 2.05) is 13.8 Å². The highest BCUT2D eigenvalue weighted by molar-refractivity contribution is 7.89. The summed E-state index contributed by atoms with van der Waals surface area (Å²) in [6.45, 7) is 5.32. The maximum absolute atomic E-state index is 13.0. The molecule has 4 N–H and O–H groups in total. The number of aliphatic carboxylic acids is 1. The number of fused-ring (bicyclic) bond motifs is 1. The Balaban J connectivity index is 1.91. The van der Waals surface area contributed by atoms with E-state index in [-0.39, 0.29) is 40.0 Å². The largest absolute Gasteiger partial charge is 0.481 e. The van der Waals surface area contributed by atoms with Crippen molar-refractivity contribution in [3.05, 3.63) is 57.4 Å². The van der Waals surface area contributed by atoms with E-state index < -0.39 is 40.0 Å². The first-order chi connectivity index (χ1) is 16.9. The minimum Gasteiger partial charge on any atom is -0.481 e. The van der Waals surface area contributed by atoms with Crippen LogP contribution >= 0.6 is 11.6 Å². The molecule has 1 unspecified atom stereocenters. The van der Waals surface area contributed by atoms with E-state index in [2.05, 4.69) is 20.3 Å². The van der Waals surface area contributed by atoms with Gasteiger partial charge >= 0.3 is 11.6 Å². The second-order valence-corrected chi connectivity index (χ2v) is 10.5. The number of carboxylic acid groups (broad SMARTS) is 1. The van der Waals surface area contributed by atoms with E-state index in [0.29, 0.717) is 10.6 Å². The van der Waals surface area contributed by atoms with Gasteiger partial charge in [-0.2, -0.15) is 9.71 Å². The lowest BCUT2D eigenvalue weighted by Gasteiger charge is -2.18. The highest BCUT2D eigenvalue weighted by Crippen LogP contribution is 2.22. The maximum atomic E-state index is 13.0. The zero-order valence-corrected chi connectivity index (χ0v) is 21.2. The number of benzene rings is 2. The number of aryl methyl sites for hydroxylation is 1. The van der Waals surface area contributed by atoms with Crippen molar-refractivity contribution in [2.24, 2.45) is 0 Å². The van der Waals surface area contributed by atoms with Crippen molar-refractivity contribution in [2.75, 3.05) is 10.6 Å². The molecule has 0 bridgehead atoms. The summed E-state index contributed by atoms with van der Waals surface area (Å²) in [5.41, 5.74) is 0.371. The van der Waals surface area contributed by atoms with Gasteiger partial charge in [0.05, 0.1) is 15.8 Å². The molecule has 0 aliphatic rings. The number of sulfonamides is 1. The Morgan fingerprint density at radius 2 is 1.83 bits per heavy atom. The van der Waals surface area contributed by atoms with E-state index in [9.17, 15) is 22.8 Å². The van der Waals surface area contributed by atoms with Crippen molar-refractivity contribution in [3.63, 3.8) is 0 Å². The molecule has 0 saturated carbocycles. The van der Waals surface area contributed by atoms with Crippen molar-refractivity contribution in [1.82, 2.24) is 9.71 Å². The second kappa shape index (κ2) is 11.1. The van der Waals surface area contributed by atoms with E-state index >= 15 is 0 Å². The summed E-state index contributed by atoms with van der Waals surface area (Å²) in [7, 11) is -4.16. The predicted molar refractivity (Wildman–Crippen MR) is 135 cm³/mol. The number of carboxylic acids is 1. The van der Waals surface area contributed by atoms with E-state index in [4.69, 9.17) is 21.1 Å². The number of rotatable bonds is 10. The van der Waals surface area contributed by atoms with Crippen LogP contribution in [0.15, 0.2) is 50.5 Å². The van der Waals surface area contributed by atoms with Crippen LogP contribution in [-0.4, -0.2) is 42.5 Å². The number of hydrogen-bond acceptors (Lipinski definition) is 8. The van der Waals surface area contributed by atoms with Gasteiger partial charge in [0, 0.05) is 23.2 Å². The topological polar surface area (TPSA) is 168 Å². The van der Waals surface area contributed by atoms with Gasteiger partial charge in [-0.05, 0) is 69.2 Å². The molecule has 2 aromatic carbocycles. The van der Waals surface area contributed by atoms with Crippen LogP contribution in [-0.2, 0) is 19.6 Å². The summed E-state index contributed by atoms with van der Waals surface area (Å²) >= 11 is 5.81. The third-order valence-electron chi connectivity index (χ3n) is 4.99. The van der Waals surface area contributed by atoms with Gasteiger partial charge in [-0.3, -0.25) is 9.59 Å². The van der Waals surface area contributed by atoms with Gasteiger partial charge in [-0.1, -0.05) is 11.6 Å². The van der Waals surface area contributed by atoms with Crippen molar-refractivity contribution < 1.29 is 27.5 Å². The van der Waals surface area contributed by atoms with Crippen molar-refractivity contribution in [3.8, 4) is 0 Å². The number of halogens is 1. The first-order valence-corrected chi connectivity index (χ1v) is 12.7. The molecule has 0 aliphatic heterocycles. The van der Waals surface area contributed by atoms with Crippen LogP contribution in [0, 0.1) is 6.92 Å². The molecule has 1 aromatic heterocycles. The third-order valence-corrected chi connectivity index (χ3v) is 6.73. The molecule has 1 atom stereocenters. The van der Waals surface area contributed by atoms with Crippen molar-refractivity contribution >= 4 is 56.1 Å². The van der Waals surface area contributed by atoms with Crippen LogP contribution in [0.3, 0.4) is 0 Å². The molecule has 1 heterocycles. The van der Waals surface area contributed by atoms with Crippen LogP contribution in [0.2, 0.25) is 5.02 Å². The fourth-order valence-electron chi connectivity index (χ4n) is 3.38. The number of amides is 1. The summed E-state index contributed by atoms with van der Waals surface area (Å²) in [6, 6.07) is 6.82. The van der Waals surface area contributed by atoms with Gasteiger partial charge in [-0.15, -0.1) is 0 Å². The van der Waals surface area contributed by atoms with Crippen LogP contribution < -0.4 is 21.0 Å². The molecule has 0 saturated heterocycles. The normalized spacial score (nSPS) is 12.5. The number of hydrogen-bond donors (Lipinski definition) is 4. The Bertz CT molecular complexity index is 1450. The number of anilines is 2. The number of nitrogens with one attached hydrogen (secondary N) is 3. The minimum atomic E-state index is -4.16. The van der Waals surface area contributed by atoms with Gasteiger partial charge in [0.25, 0.3) is 6.01 Å². The van der Waals surface area contributed by atoms with E-state index in [1.54, 1.807) is 6.92 Å². The van der Waals surface area contributed by atoms with Crippen molar-refractivity contribution in [1.29, 1.82) is 0 Å². The summed E-state index contributed by atoms with van der Waals surface area (Å²) in [5, 5.41) is 15.1. The van der Waals surface area contributed by atoms with Gasteiger partial charge < -0.3 is 20.2 Å². The first kappa shape index (κ1) is 27.1. The lowest BCUT2D eigenvalue weighted by molar-refractivity contribution is -0.137. The first-order valence-electron chi connectivity index (χ1n) is 10.9. The maximum Gasteiger partial charge on any atom is 0.348 e. The Labute approximate surface area is 211 Å². The third kappa shape index (κ3) is 6.80. The molecule has 11 nitrogen and oxygen atoms in total. The van der Waals surface area contributed by atoms with Gasteiger partial charge in [0.1, 0.15) is 6.04 Å². The molecule has 36 heavy (non-hydrogen) atoms. The van der Waals surface area contributed by atoms with Crippen molar-refractivity contribution in [2.45, 2.75) is 50.6 Å². The van der Waals surface area contributed by atoms with Crippen LogP contribution in [0.5, 0.6) is 0 Å². The lowest BCUT2D eigenvalue weighted by Crippen LogP contribution is -2.44. The quantitative estimate of drug-likeness (QED) is 0.304. The lowest BCUT2D eigenvalue weighted by atomic mass is 10.1. The van der Waals surface area contributed by atoms with Gasteiger partial charge in [0.2, 0.25) is 15.9 Å². The van der Waals surface area contributed by atoms with Gasteiger partial charge in [-0.25, -0.2) is 13.2 Å². The Kier molecular flexibility index (Phi) is 8.33. The van der Waals surface area contributed by atoms with E-state index in [0.717, 1.165) is 0 Å². The summed E-state index contributed by atoms with van der Waals surface area (Å²) in [6.07, 6.45) is -0.754. The second-order valence-electron chi connectivity index (χ2n) is 8.34. The molecule has 0 spiro atoms. The molecule has 0 aliphatic carbocycles. The number of carbonyl (C=O) groups excluding carboxylic acids is 1. The van der Waals surface area contributed by atoms with E-state index in [1.165, 1.54) is 36.4 Å². The molecule has 3 rings (SSSR count). The fourth-order valence-corrected chi connectivity index (χ4v) is 4.74. The Hall–Kier alpha value is -3.48. The predicted octanol–water partition coefficient (Wildman–Crippen LogP) is 3.12.